The lowest BCUT2D eigenvalue weighted by Gasteiger charge is -2.21. The second-order valence-corrected chi connectivity index (χ2v) is 7.74. The summed E-state index contributed by atoms with van der Waals surface area (Å²) in [5.41, 5.74) is 2.46. The third-order valence-electron chi connectivity index (χ3n) is 5.06. The molecule has 31 heavy (non-hydrogen) atoms. The van der Waals surface area contributed by atoms with Gasteiger partial charge in [-0.05, 0) is 56.0 Å². The van der Waals surface area contributed by atoms with E-state index in [1.54, 1.807) is 19.9 Å². The van der Waals surface area contributed by atoms with E-state index in [1.807, 2.05) is 24.3 Å². The van der Waals surface area contributed by atoms with Crippen molar-refractivity contribution in [3.8, 4) is 11.5 Å². The number of fused-ring (bicyclic) bond motifs is 1. The molecular formula is C24H29NO6. The van der Waals surface area contributed by atoms with E-state index in [1.165, 1.54) is 7.11 Å². The van der Waals surface area contributed by atoms with Crippen molar-refractivity contribution in [1.82, 2.24) is 4.98 Å². The van der Waals surface area contributed by atoms with Gasteiger partial charge in [0, 0.05) is 11.6 Å². The Morgan fingerprint density at radius 2 is 1.90 bits per heavy atom. The lowest BCUT2D eigenvalue weighted by molar-refractivity contribution is -0.147. The van der Waals surface area contributed by atoms with Crippen LogP contribution in [0.3, 0.4) is 0 Å². The van der Waals surface area contributed by atoms with Crippen LogP contribution in [0.4, 0.5) is 0 Å². The highest BCUT2D eigenvalue weighted by Crippen LogP contribution is 2.38. The number of carbonyl (C=O) groups is 2. The number of esters is 2. The molecule has 0 N–H and O–H groups in total. The monoisotopic (exact) mass is 427 g/mol. The van der Waals surface area contributed by atoms with Crippen LogP contribution in [0, 0.1) is 0 Å². The van der Waals surface area contributed by atoms with Crippen LogP contribution in [-0.2, 0) is 20.7 Å². The molecule has 1 unspecified atom stereocenters. The Labute approximate surface area is 182 Å². The average Bonchev–Trinajstić information content (AvgIpc) is 3.23. The number of unbranched alkanes of at least 4 members (excludes halogenated alkanes) is 1. The summed E-state index contributed by atoms with van der Waals surface area (Å²) in [6.45, 7) is 5.86. The molecule has 0 bridgehead atoms. The maximum atomic E-state index is 12.6. The second-order valence-electron chi connectivity index (χ2n) is 7.74. The van der Waals surface area contributed by atoms with Gasteiger partial charge >= 0.3 is 11.9 Å². The Hall–Kier alpha value is -3.09. The Morgan fingerprint density at radius 3 is 2.61 bits per heavy atom. The van der Waals surface area contributed by atoms with Crippen molar-refractivity contribution in [3.63, 3.8) is 0 Å². The van der Waals surface area contributed by atoms with E-state index in [2.05, 4.69) is 11.9 Å². The number of pyridine rings is 1. The summed E-state index contributed by atoms with van der Waals surface area (Å²) in [6.07, 6.45) is 2.58. The van der Waals surface area contributed by atoms with Crippen molar-refractivity contribution < 1.29 is 28.5 Å². The van der Waals surface area contributed by atoms with E-state index >= 15 is 0 Å². The summed E-state index contributed by atoms with van der Waals surface area (Å²) in [6, 6.07) is 9.28. The van der Waals surface area contributed by atoms with E-state index in [9.17, 15) is 9.59 Å². The molecule has 2 heterocycles. The van der Waals surface area contributed by atoms with Gasteiger partial charge in [0.05, 0.1) is 19.6 Å². The molecule has 3 rings (SSSR count). The molecule has 1 aliphatic heterocycles. The van der Waals surface area contributed by atoms with E-state index in [-0.39, 0.29) is 31.0 Å². The molecule has 1 aromatic heterocycles. The molecule has 7 heteroatoms. The highest BCUT2D eigenvalue weighted by Gasteiger charge is 2.28. The van der Waals surface area contributed by atoms with Crippen LogP contribution in [-0.4, -0.2) is 36.9 Å². The summed E-state index contributed by atoms with van der Waals surface area (Å²) >= 11 is 0. The van der Waals surface area contributed by atoms with Crippen LogP contribution in [0.15, 0.2) is 30.3 Å². The Kier molecular flexibility index (Phi) is 7.50. The average molecular weight is 427 g/mol. The zero-order chi connectivity index (χ0) is 22.4. The zero-order valence-electron chi connectivity index (χ0n) is 18.5. The quantitative estimate of drug-likeness (QED) is 0.548. The summed E-state index contributed by atoms with van der Waals surface area (Å²) in [7, 11) is 1.33. The number of hydrogen-bond donors (Lipinski definition) is 0. The Balaban J connectivity index is 2.05. The fourth-order valence-electron chi connectivity index (χ4n) is 3.56. The van der Waals surface area contributed by atoms with Gasteiger partial charge in [0.1, 0.15) is 0 Å². The smallest absolute Gasteiger partial charge is 0.356 e. The molecule has 0 saturated carbocycles. The van der Waals surface area contributed by atoms with Gasteiger partial charge in [-0.3, -0.25) is 4.79 Å². The molecule has 1 aliphatic rings. The number of methoxy groups -OCH3 is 1. The largest absolute Gasteiger partial charge is 0.464 e. The predicted octanol–water partition coefficient (Wildman–Crippen LogP) is 4.41. The molecule has 0 radical (unpaired) electrons. The normalized spacial score (nSPS) is 13.2. The second kappa shape index (κ2) is 10.3. The first kappa shape index (κ1) is 22.6. The summed E-state index contributed by atoms with van der Waals surface area (Å²) in [5.74, 6) is -0.0946. The minimum atomic E-state index is -0.531. The lowest BCUT2D eigenvalue weighted by atomic mass is 9.86. The number of aryl methyl sites for hydroxylation is 1. The van der Waals surface area contributed by atoms with Crippen LogP contribution in [0.2, 0.25) is 0 Å². The van der Waals surface area contributed by atoms with Crippen molar-refractivity contribution in [2.75, 3.05) is 13.9 Å². The predicted molar refractivity (Wildman–Crippen MR) is 114 cm³/mol. The third kappa shape index (κ3) is 5.54. The van der Waals surface area contributed by atoms with E-state index in [0.717, 1.165) is 30.5 Å². The lowest BCUT2D eigenvalue weighted by Crippen LogP contribution is -2.19. The summed E-state index contributed by atoms with van der Waals surface area (Å²) in [4.78, 5) is 29.8. The van der Waals surface area contributed by atoms with Crippen LogP contribution in [0.5, 0.6) is 11.5 Å². The maximum Gasteiger partial charge on any atom is 0.356 e. The summed E-state index contributed by atoms with van der Waals surface area (Å²) < 4.78 is 21.3. The highest BCUT2D eigenvalue weighted by molar-refractivity contribution is 5.89. The zero-order valence-corrected chi connectivity index (χ0v) is 18.5. The van der Waals surface area contributed by atoms with Crippen molar-refractivity contribution in [2.24, 2.45) is 0 Å². The molecule has 166 valence electrons. The first-order chi connectivity index (χ1) is 14.9. The Bertz CT molecular complexity index is 940. The van der Waals surface area contributed by atoms with E-state index < -0.39 is 11.9 Å². The van der Waals surface area contributed by atoms with Gasteiger partial charge in [-0.1, -0.05) is 25.5 Å². The standard InChI is InChI=1S/C24H29NO6/c1-5-6-7-17-9-10-18(23(25-17)24(27)28-4)19(13-22(26)31-15(2)3)16-8-11-20-21(12-16)30-14-29-20/h8-12,15,19H,5-7,13-14H2,1-4H3. The molecule has 0 fully saturated rings. The van der Waals surface area contributed by atoms with E-state index in [0.29, 0.717) is 17.1 Å². The van der Waals surface area contributed by atoms with Crippen LogP contribution in [0.25, 0.3) is 0 Å². The summed E-state index contributed by atoms with van der Waals surface area (Å²) in [5, 5.41) is 0. The SMILES string of the molecule is CCCCc1ccc(C(CC(=O)OC(C)C)c2ccc3c(c2)OCO3)c(C(=O)OC)n1. The number of carbonyl (C=O) groups excluding carboxylic acids is 2. The number of hydrogen-bond acceptors (Lipinski definition) is 7. The van der Waals surface area contributed by atoms with Gasteiger partial charge in [0.25, 0.3) is 0 Å². The number of nitrogens with zero attached hydrogens (tertiary/aromatic N) is 1. The third-order valence-corrected chi connectivity index (χ3v) is 5.06. The maximum absolute atomic E-state index is 12.6. The van der Waals surface area contributed by atoms with Crippen LogP contribution in [0.1, 0.15) is 73.3 Å². The molecule has 2 aromatic rings. The molecular weight excluding hydrogens is 398 g/mol. The molecule has 0 saturated heterocycles. The van der Waals surface area contributed by atoms with Crippen LogP contribution < -0.4 is 9.47 Å². The molecule has 0 aliphatic carbocycles. The molecule has 0 amide bonds. The van der Waals surface area contributed by atoms with Gasteiger partial charge in [-0.15, -0.1) is 0 Å². The van der Waals surface area contributed by atoms with Crippen molar-refractivity contribution in [3.05, 3.63) is 52.8 Å². The van der Waals surface area contributed by atoms with Gasteiger partial charge in [0.15, 0.2) is 17.2 Å². The van der Waals surface area contributed by atoms with Gasteiger partial charge in [0.2, 0.25) is 6.79 Å². The highest BCUT2D eigenvalue weighted by atomic mass is 16.7. The molecule has 1 atom stereocenters. The van der Waals surface area contributed by atoms with Gasteiger partial charge in [-0.2, -0.15) is 0 Å². The Morgan fingerprint density at radius 1 is 1.13 bits per heavy atom. The molecule has 0 spiro atoms. The van der Waals surface area contributed by atoms with Crippen molar-refractivity contribution in [2.45, 2.75) is 58.5 Å². The topological polar surface area (TPSA) is 84.0 Å². The van der Waals surface area contributed by atoms with Crippen LogP contribution >= 0.6 is 0 Å². The van der Waals surface area contributed by atoms with Crippen molar-refractivity contribution in [1.29, 1.82) is 0 Å². The first-order valence-electron chi connectivity index (χ1n) is 10.6. The number of aromatic nitrogens is 1. The van der Waals surface area contributed by atoms with E-state index in [4.69, 9.17) is 18.9 Å². The fourth-order valence-corrected chi connectivity index (χ4v) is 3.56. The number of ether oxygens (including phenoxy) is 4. The van der Waals surface area contributed by atoms with Crippen molar-refractivity contribution >= 4 is 11.9 Å². The molecule has 7 nitrogen and oxygen atoms in total. The number of benzene rings is 1. The molecule has 1 aromatic carbocycles. The van der Waals surface area contributed by atoms with Gasteiger partial charge < -0.3 is 18.9 Å². The minimum Gasteiger partial charge on any atom is -0.464 e. The first-order valence-corrected chi connectivity index (χ1v) is 10.6. The van der Waals surface area contributed by atoms with Gasteiger partial charge in [-0.25, -0.2) is 9.78 Å². The number of rotatable bonds is 9. The fraction of sp³-hybridized carbons (Fsp3) is 0.458. The minimum absolute atomic E-state index is 0.0534.